The third kappa shape index (κ3) is 3.84. The fourth-order valence-electron chi connectivity index (χ4n) is 1.43. The molecule has 82 valence electrons. The van der Waals surface area contributed by atoms with E-state index in [0.717, 1.165) is 5.56 Å². The first-order valence-electron chi connectivity index (χ1n) is 4.95. The highest BCUT2D eigenvalue weighted by Gasteiger charge is 2.11. The van der Waals surface area contributed by atoms with Crippen molar-refractivity contribution in [1.82, 2.24) is 0 Å². The fraction of sp³-hybridized carbons (Fsp3) is 0.417. The van der Waals surface area contributed by atoms with E-state index in [1.165, 1.54) is 0 Å². The second-order valence-electron chi connectivity index (χ2n) is 4.01. The van der Waals surface area contributed by atoms with Gasteiger partial charge in [-0.05, 0) is 23.6 Å². The van der Waals surface area contributed by atoms with Crippen molar-refractivity contribution in [2.24, 2.45) is 5.92 Å². The Hall–Kier alpha value is -0.530. The molecule has 0 saturated heterocycles. The van der Waals surface area contributed by atoms with E-state index in [4.69, 9.17) is 23.2 Å². The standard InChI is InChI=1S/C12H14Cl2O/c1-8(2)6-9(15)7-10-11(13)4-3-5-12(10)14/h3-5,8H,6-7H2,1-2H3. The molecule has 1 nitrogen and oxygen atoms in total. The van der Waals surface area contributed by atoms with Crippen molar-refractivity contribution in [3.05, 3.63) is 33.8 Å². The third-order valence-corrected chi connectivity index (χ3v) is 2.78. The van der Waals surface area contributed by atoms with Gasteiger partial charge in [0.1, 0.15) is 5.78 Å². The Bertz CT molecular complexity index is 338. The van der Waals surface area contributed by atoms with Gasteiger partial charge in [0, 0.05) is 22.9 Å². The second-order valence-corrected chi connectivity index (χ2v) is 4.83. The minimum atomic E-state index is 0.181. The minimum Gasteiger partial charge on any atom is -0.299 e. The van der Waals surface area contributed by atoms with Crippen LogP contribution in [0, 0.1) is 5.92 Å². The Morgan fingerprint density at radius 2 is 1.80 bits per heavy atom. The number of hydrogen-bond acceptors (Lipinski definition) is 1. The summed E-state index contributed by atoms with van der Waals surface area (Å²) < 4.78 is 0. The van der Waals surface area contributed by atoms with Crippen LogP contribution in [-0.4, -0.2) is 5.78 Å². The quantitative estimate of drug-likeness (QED) is 0.778. The maximum atomic E-state index is 11.6. The Balaban J connectivity index is 2.76. The molecule has 0 fully saturated rings. The molecule has 3 heteroatoms. The highest BCUT2D eigenvalue weighted by molar-refractivity contribution is 6.36. The average Bonchev–Trinajstić information content (AvgIpc) is 2.10. The molecule has 1 aromatic carbocycles. The summed E-state index contributed by atoms with van der Waals surface area (Å²) >= 11 is 11.9. The topological polar surface area (TPSA) is 17.1 Å². The Kier molecular flexibility index (Phi) is 4.62. The van der Waals surface area contributed by atoms with Crippen molar-refractivity contribution in [1.29, 1.82) is 0 Å². The molecule has 0 aliphatic rings. The number of ketones is 1. The number of rotatable bonds is 4. The number of halogens is 2. The average molecular weight is 245 g/mol. The van der Waals surface area contributed by atoms with E-state index in [1.54, 1.807) is 18.2 Å². The molecule has 0 radical (unpaired) electrons. The van der Waals surface area contributed by atoms with Crippen LogP contribution in [0.25, 0.3) is 0 Å². The van der Waals surface area contributed by atoms with Crippen LogP contribution >= 0.6 is 23.2 Å². The first-order chi connectivity index (χ1) is 7.00. The molecule has 0 amide bonds. The summed E-state index contributed by atoms with van der Waals surface area (Å²) in [5, 5.41) is 1.14. The summed E-state index contributed by atoms with van der Waals surface area (Å²) in [6.07, 6.45) is 0.901. The van der Waals surface area contributed by atoms with E-state index < -0.39 is 0 Å². The largest absolute Gasteiger partial charge is 0.299 e. The van der Waals surface area contributed by atoms with Crippen molar-refractivity contribution in [2.45, 2.75) is 26.7 Å². The number of carbonyl (C=O) groups excluding carboxylic acids is 1. The minimum absolute atomic E-state index is 0.181. The lowest BCUT2D eigenvalue weighted by molar-refractivity contribution is -0.119. The SMILES string of the molecule is CC(C)CC(=O)Cc1c(Cl)cccc1Cl. The second kappa shape index (κ2) is 5.53. The lowest BCUT2D eigenvalue weighted by Gasteiger charge is -2.07. The predicted octanol–water partition coefficient (Wildman–Crippen LogP) is 4.15. The number of carbonyl (C=O) groups is 1. The molecule has 0 aliphatic heterocycles. The Labute approximate surface area is 100 Å². The van der Waals surface area contributed by atoms with Crippen molar-refractivity contribution in [2.75, 3.05) is 0 Å². The van der Waals surface area contributed by atoms with Gasteiger partial charge in [0.05, 0.1) is 0 Å². The molecule has 1 aromatic rings. The smallest absolute Gasteiger partial charge is 0.137 e. The lowest BCUT2D eigenvalue weighted by atomic mass is 10.0. The monoisotopic (exact) mass is 244 g/mol. The molecule has 0 N–H and O–H groups in total. The van der Waals surface area contributed by atoms with E-state index in [9.17, 15) is 4.79 Å². The van der Waals surface area contributed by atoms with Gasteiger partial charge in [-0.2, -0.15) is 0 Å². The molecular weight excluding hydrogens is 231 g/mol. The van der Waals surface area contributed by atoms with Crippen LogP contribution in [0.5, 0.6) is 0 Å². The van der Waals surface area contributed by atoms with E-state index >= 15 is 0 Å². The zero-order valence-electron chi connectivity index (χ0n) is 8.89. The zero-order valence-corrected chi connectivity index (χ0v) is 10.4. The lowest BCUT2D eigenvalue weighted by Crippen LogP contribution is -2.07. The van der Waals surface area contributed by atoms with Crippen molar-refractivity contribution in [3.8, 4) is 0 Å². The maximum absolute atomic E-state index is 11.6. The Morgan fingerprint density at radius 3 is 2.27 bits per heavy atom. The van der Waals surface area contributed by atoms with E-state index in [1.807, 2.05) is 13.8 Å². The molecule has 0 saturated carbocycles. The van der Waals surface area contributed by atoms with Gasteiger partial charge in [0.2, 0.25) is 0 Å². The van der Waals surface area contributed by atoms with Crippen LogP contribution in [0.1, 0.15) is 25.8 Å². The van der Waals surface area contributed by atoms with E-state index in [-0.39, 0.29) is 5.78 Å². The molecule has 0 bridgehead atoms. The molecule has 1 rings (SSSR count). The molecule has 0 aromatic heterocycles. The van der Waals surface area contributed by atoms with Crippen LogP contribution in [0.2, 0.25) is 10.0 Å². The van der Waals surface area contributed by atoms with E-state index in [0.29, 0.717) is 28.8 Å². The van der Waals surface area contributed by atoms with Gasteiger partial charge in [-0.1, -0.05) is 43.1 Å². The van der Waals surface area contributed by atoms with Crippen LogP contribution in [0.15, 0.2) is 18.2 Å². The van der Waals surface area contributed by atoms with Crippen LogP contribution in [-0.2, 0) is 11.2 Å². The number of Topliss-reactive ketones (excluding diaryl/α,β-unsaturated/α-hetero) is 1. The molecular formula is C12H14Cl2O. The zero-order chi connectivity index (χ0) is 11.4. The molecule has 15 heavy (non-hydrogen) atoms. The summed E-state index contributed by atoms with van der Waals surface area (Å²) in [7, 11) is 0. The first kappa shape index (κ1) is 12.5. The molecule has 0 unspecified atom stereocenters. The highest BCUT2D eigenvalue weighted by Crippen LogP contribution is 2.25. The van der Waals surface area contributed by atoms with Gasteiger partial charge in [0.15, 0.2) is 0 Å². The van der Waals surface area contributed by atoms with Crippen LogP contribution in [0.3, 0.4) is 0 Å². The normalized spacial score (nSPS) is 10.7. The summed E-state index contributed by atoms with van der Waals surface area (Å²) in [5.74, 6) is 0.554. The summed E-state index contributed by atoms with van der Waals surface area (Å²) in [6, 6.07) is 5.29. The first-order valence-corrected chi connectivity index (χ1v) is 5.71. The summed E-state index contributed by atoms with van der Waals surface area (Å²) in [6.45, 7) is 4.04. The molecule has 0 heterocycles. The highest BCUT2D eigenvalue weighted by atomic mass is 35.5. The molecule has 0 atom stereocenters. The summed E-state index contributed by atoms with van der Waals surface area (Å²) in [5.41, 5.74) is 0.742. The van der Waals surface area contributed by atoms with Crippen LogP contribution in [0.4, 0.5) is 0 Å². The number of hydrogen-bond donors (Lipinski definition) is 0. The van der Waals surface area contributed by atoms with Gasteiger partial charge < -0.3 is 0 Å². The molecule has 0 aliphatic carbocycles. The van der Waals surface area contributed by atoms with Crippen molar-refractivity contribution >= 4 is 29.0 Å². The van der Waals surface area contributed by atoms with Gasteiger partial charge in [0.25, 0.3) is 0 Å². The van der Waals surface area contributed by atoms with Gasteiger partial charge >= 0.3 is 0 Å². The summed E-state index contributed by atoms with van der Waals surface area (Å²) in [4.78, 5) is 11.6. The van der Waals surface area contributed by atoms with Crippen molar-refractivity contribution < 1.29 is 4.79 Å². The fourth-order valence-corrected chi connectivity index (χ4v) is 1.96. The van der Waals surface area contributed by atoms with E-state index in [2.05, 4.69) is 0 Å². The van der Waals surface area contributed by atoms with Gasteiger partial charge in [-0.25, -0.2) is 0 Å². The Morgan fingerprint density at radius 1 is 1.27 bits per heavy atom. The van der Waals surface area contributed by atoms with Crippen molar-refractivity contribution in [3.63, 3.8) is 0 Å². The molecule has 0 spiro atoms. The third-order valence-electron chi connectivity index (χ3n) is 2.07. The maximum Gasteiger partial charge on any atom is 0.137 e. The predicted molar refractivity (Wildman–Crippen MR) is 64.6 cm³/mol. The number of benzene rings is 1. The van der Waals surface area contributed by atoms with Gasteiger partial charge in [-0.15, -0.1) is 0 Å². The van der Waals surface area contributed by atoms with Gasteiger partial charge in [-0.3, -0.25) is 4.79 Å². The van der Waals surface area contributed by atoms with Crippen LogP contribution < -0.4 is 0 Å².